The molecule has 4 aromatic rings. The van der Waals surface area contributed by atoms with Gasteiger partial charge in [-0.15, -0.1) is 0 Å². The molecule has 0 saturated heterocycles. The zero-order valence-electron chi connectivity index (χ0n) is 17.4. The van der Waals surface area contributed by atoms with E-state index in [1.54, 1.807) is 54.6 Å². The summed E-state index contributed by atoms with van der Waals surface area (Å²) in [5, 5.41) is 12.2. The number of ether oxygens (including phenoxy) is 1. The van der Waals surface area contributed by atoms with E-state index in [2.05, 4.69) is 15.3 Å². The van der Waals surface area contributed by atoms with Crippen LogP contribution in [0.3, 0.4) is 0 Å². The summed E-state index contributed by atoms with van der Waals surface area (Å²) in [6, 6.07) is 15.8. The van der Waals surface area contributed by atoms with E-state index in [1.165, 1.54) is 0 Å². The average molecular weight is 450 g/mol. The van der Waals surface area contributed by atoms with Gasteiger partial charge in [0.05, 0.1) is 11.0 Å². The Labute approximate surface area is 189 Å². The van der Waals surface area contributed by atoms with Gasteiger partial charge >= 0.3 is 5.97 Å². The smallest absolute Gasteiger partial charge is 0.341 e. The lowest BCUT2D eigenvalue weighted by Crippen LogP contribution is -2.11. The van der Waals surface area contributed by atoms with Crippen LogP contribution in [-0.2, 0) is 4.79 Å². The Morgan fingerprint density at radius 3 is 2.53 bits per heavy atom. The second kappa shape index (κ2) is 8.72. The van der Waals surface area contributed by atoms with Gasteiger partial charge in [-0.1, -0.05) is 17.7 Å². The van der Waals surface area contributed by atoms with Crippen molar-refractivity contribution < 1.29 is 19.4 Å². The van der Waals surface area contributed by atoms with Gasteiger partial charge in [-0.2, -0.15) is 0 Å². The number of aryl methyl sites for hydroxylation is 2. The fraction of sp³-hybridized carbons (Fsp3) is 0.125. The molecule has 162 valence electrons. The molecule has 0 aliphatic carbocycles. The highest BCUT2D eigenvalue weighted by atomic mass is 35.5. The molecule has 32 heavy (non-hydrogen) atoms. The first-order chi connectivity index (χ1) is 15.3. The molecule has 0 unspecified atom stereocenters. The molecule has 0 saturated carbocycles. The Kier molecular flexibility index (Phi) is 5.83. The third-order valence-electron chi connectivity index (χ3n) is 4.93. The van der Waals surface area contributed by atoms with E-state index in [1.807, 2.05) is 13.8 Å². The number of aromatic amines is 1. The van der Waals surface area contributed by atoms with Gasteiger partial charge in [0, 0.05) is 21.8 Å². The van der Waals surface area contributed by atoms with Gasteiger partial charge < -0.3 is 20.1 Å². The zero-order chi connectivity index (χ0) is 22.8. The van der Waals surface area contributed by atoms with Crippen LogP contribution in [0.1, 0.15) is 21.5 Å². The summed E-state index contributed by atoms with van der Waals surface area (Å²) in [7, 11) is 0. The first-order valence-electron chi connectivity index (χ1n) is 9.83. The van der Waals surface area contributed by atoms with E-state index in [9.17, 15) is 9.59 Å². The van der Waals surface area contributed by atoms with Gasteiger partial charge in [-0.25, -0.2) is 9.78 Å². The minimum Gasteiger partial charge on any atom is -0.482 e. The Hall–Kier alpha value is -3.84. The summed E-state index contributed by atoms with van der Waals surface area (Å²) in [6.45, 7) is 3.42. The Morgan fingerprint density at radius 2 is 1.84 bits per heavy atom. The molecule has 1 amide bonds. The monoisotopic (exact) mass is 449 g/mol. The van der Waals surface area contributed by atoms with Crippen LogP contribution >= 0.6 is 11.6 Å². The number of aliphatic carboxylic acids is 1. The van der Waals surface area contributed by atoms with Gasteiger partial charge in [-0.05, 0) is 73.5 Å². The van der Waals surface area contributed by atoms with Crippen molar-refractivity contribution >= 4 is 40.2 Å². The second-order valence-corrected chi connectivity index (χ2v) is 7.83. The lowest BCUT2D eigenvalue weighted by atomic mass is 10.0. The number of carboxylic acids is 1. The number of anilines is 1. The SMILES string of the molecule is Cc1cc(OCC(=O)O)cc(C)c1-c1nc2ccc(C(=O)Nc3cccc(Cl)c3)cc2[nH]1. The van der Waals surface area contributed by atoms with Crippen LogP contribution < -0.4 is 10.1 Å². The molecule has 7 nitrogen and oxygen atoms in total. The fourth-order valence-corrected chi connectivity index (χ4v) is 3.75. The number of nitrogens with zero attached hydrogens (tertiary/aromatic N) is 1. The first-order valence-corrected chi connectivity index (χ1v) is 10.2. The Morgan fingerprint density at radius 1 is 1.09 bits per heavy atom. The second-order valence-electron chi connectivity index (χ2n) is 7.40. The molecule has 1 aromatic heterocycles. The molecule has 0 atom stereocenters. The summed E-state index contributed by atoms with van der Waals surface area (Å²) < 4.78 is 5.29. The molecule has 0 aliphatic heterocycles. The maximum absolute atomic E-state index is 12.7. The van der Waals surface area contributed by atoms with Crippen molar-refractivity contribution in [2.75, 3.05) is 11.9 Å². The molecule has 0 radical (unpaired) electrons. The van der Waals surface area contributed by atoms with Crippen molar-refractivity contribution in [3.8, 4) is 17.1 Å². The largest absolute Gasteiger partial charge is 0.482 e. The number of nitrogens with one attached hydrogen (secondary N) is 2. The van der Waals surface area contributed by atoms with Crippen LogP contribution in [0.15, 0.2) is 54.6 Å². The fourth-order valence-electron chi connectivity index (χ4n) is 3.56. The number of fused-ring (bicyclic) bond motifs is 1. The van der Waals surface area contributed by atoms with E-state index in [0.29, 0.717) is 27.8 Å². The quantitative estimate of drug-likeness (QED) is 0.374. The number of H-pyrrole nitrogens is 1. The van der Waals surface area contributed by atoms with Gasteiger partial charge in [0.25, 0.3) is 5.91 Å². The standard InChI is InChI=1S/C24H20ClN3O4/c1-13-8-18(32-12-21(29)30)9-14(2)22(13)23-27-19-7-6-15(10-20(19)28-23)24(31)26-17-5-3-4-16(25)11-17/h3-11H,12H2,1-2H3,(H,26,31)(H,27,28)(H,29,30). The van der Waals surface area contributed by atoms with Gasteiger partial charge in [0.15, 0.2) is 6.61 Å². The number of benzene rings is 3. The number of aromatic nitrogens is 2. The number of rotatable bonds is 6. The lowest BCUT2D eigenvalue weighted by Gasteiger charge is -2.11. The maximum atomic E-state index is 12.7. The van der Waals surface area contributed by atoms with Crippen LogP contribution in [0.4, 0.5) is 5.69 Å². The Balaban J connectivity index is 1.62. The van der Waals surface area contributed by atoms with Crippen molar-refractivity contribution in [1.82, 2.24) is 9.97 Å². The number of hydrogen-bond acceptors (Lipinski definition) is 4. The van der Waals surface area contributed by atoms with Gasteiger partial charge in [0.2, 0.25) is 0 Å². The van der Waals surface area contributed by atoms with Crippen molar-refractivity contribution in [3.63, 3.8) is 0 Å². The molecule has 3 aromatic carbocycles. The molecule has 0 spiro atoms. The normalized spacial score (nSPS) is 10.8. The minimum atomic E-state index is -1.03. The van der Waals surface area contributed by atoms with Crippen LogP contribution in [0, 0.1) is 13.8 Å². The number of imidazole rings is 1. The lowest BCUT2D eigenvalue weighted by molar-refractivity contribution is -0.139. The van der Waals surface area contributed by atoms with Crippen LogP contribution in [0.25, 0.3) is 22.4 Å². The number of carboxylic acid groups (broad SMARTS) is 1. The predicted molar refractivity (Wildman–Crippen MR) is 124 cm³/mol. The van der Waals surface area contributed by atoms with Crippen LogP contribution in [0.2, 0.25) is 5.02 Å². The zero-order valence-corrected chi connectivity index (χ0v) is 18.2. The molecule has 8 heteroatoms. The predicted octanol–water partition coefficient (Wildman–Crippen LogP) is 5.22. The highest BCUT2D eigenvalue weighted by molar-refractivity contribution is 6.31. The maximum Gasteiger partial charge on any atom is 0.341 e. The number of carbonyl (C=O) groups is 2. The van der Waals surface area contributed by atoms with E-state index >= 15 is 0 Å². The third-order valence-corrected chi connectivity index (χ3v) is 5.17. The van der Waals surface area contributed by atoms with E-state index in [-0.39, 0.29) is 5.91 Å². The first kappa shape index (κ1) is 21.4. The summed E-state index contributed by atoms with van der Waals surface area (Å²) in [5.41, 5.74) is 5.23. The third kappa shape index (κ3) is 4.58. The summed E-state index contributed by atoms with van der Waals surface area (Å²) in [5.74, 6) is -0.135. The van der Waals surface area contributed by atoms with Crippen LogP contribution in [-0.4, -0.2) is 33.6 Å². The highest BCUT2D eigenvalue weighted by Gasteiger charge is 2.15. The molecule has 0 bridgehead atoms. The van der Waals surface area contributed by atoms with Crippen molar-refractivity contribution in [1.29, 1.82) is 0 Å². The minimum absolute atomic E-state index is 0.252. The molecule has 1 heterocycles. The molecule has 0 fully saturated rings. The number of carbonyl (C=O) groups excluding carboxylic acids is 1. The molecule has 4 rings (SSSR count). The number of amides is 1. The van der Waals surface area contributed by atoms with Gasteiger partial charge in [-0.3, -0.25) is 4.79 Å². The van der Waals surface area contributed by atoms with Crippen LogP contribution in [0.5, 0.6) is 5.75 Å². The highest BCUT2D eigenvalue weighted by Crippen LogP contribution is 2.31. The summed E-state index contributed by atoms with van der Waals surface area (Å²) in [6.07, 6.45) is 0. The topological polar surface area (TPSA) is 104 Å². The van der Waals surface area contributed by atoms with Crippen molar-refractivity contribution in [2.24, 2.45) is 0 Å². The average Bonchev–Trinajstić information content (AvgIpc) is 3.14. The molecular weight excluding hydrogens is 430 g/mol. The number of halogens is 1. The Bertz CT molecular complexity index is 1320. The van der Waals surface area contributed by atoms with E-state index < -0.39 is 12.6 Å². The molecular formula is C24H20ClN3O4. The van der Waals surface area contributed by atoms with E-state index in [4.69, 9.17) is 21.4 Å². The number of hydrogen-bond donors (Lipinski definition) is 3. The van der Waals surface area contributed by atoms with E-state index in [0.717, 1.165) is 27.7 Å². The van der Waals surface area contributed by atoms with Gasteiger partial charge in [0.1, 0.15) is 11.6 Å². The summed E-state index contributed by atoms with van der Waals surface area (Å²) in [4.78, 5) is 31.4. The van der Waals surface area contributed by atoms with Crippen molar-refractivity contribution in [2.45, 2.75) is 13.8 Å². The summed E-state index contributed by atoms with van der Waals surface area (Å²) >= 11 is 5.98. The van der Waals surface area contributed by atoms with Crippen molar-refractivity contribution in [3.05, 3.63) is 76.3 Å². The molecule has 3 N–H and O–H groups in total. The molecule has 0 aliphatic rings.